The molecule has 1 saturated heterocycles. The highest BCUT2D eigenvalue weighted by Crippen LogP contribution is 2.13. The third-order valence-electron chi connectivity index (χ3n) is 2.90. The topological polar surface area (TPSA) is 82.8 Å². The Hall–Kier alpha value is -1.82. The fraction of sp³-hybridized carbons (Fsp3) is 0.500. The van der Waals surface area contributed by atoms with E-state index in [2.05, 4.69) is 5.32 Å². The Balaban J connectivity index is 2.05. The summed E-state index contributed by atoms with van der Waals surface area (Å²) in [4.78, 5) is 24.4. The van der Waals surface area contributed by atoms with Crippen LogP contribution in [-0.2, 0) is 16.1 Å². The Morgan fingerprint density at radius 1 is 1.67 bits per heavy atom. The molecule has 0 spiro atoms. The highest BCUT2D eigenvalue weighted by atomic mass is 16.4. The molecule has 18 heavy (non-hydrogen) atoms. The van der Waals surface area contributed by atoms with Crippen LogP contribution in [0.3, 0.4) is 0 Å². The average Bonchev–Trinajstić information content (AvgIpc) is 2.77. The number of hydrogen-bond donors (Lipinski definition) is 2. The number of nitrogens with zero attached hydrogens (tertiary/aromatic N) is 1. The largest absolute Gasteiger partial charge is 0.481 e. The molecular weight excluding hydrogens is 236 g/mol. The van der Waals surface area contributed by atoms with Crippen molar-refractivity contribution in [2.45, 2.75) is 32.0 Å². The SMILES string of the molecule is CC1CN(Cc2ccco2)C(=O)C(CC(=O)O)N1. The van der Waals surface area contributed by atoms with Crippen molar-refractivity contribution >= 4 is 11.9 Å². The van der Waals surface area contributed by atoms with E-state index in [9.17, 15) is 9.59 Å². The van der Waals surface area contributed by atoms with Gasteiger partial charge in [0.25, 0.3) is 0 Å². The Morgan fingerprint density at radius 2 is 2.44 bits per heavy atom. The molecule has 2 N–H and O–H groups in total. The van der Waals surface area contributed by atoms with Gasteiger partial charge in [-0.05, 0) is 19.1 Å². The molecule has 2 rings (SSSR count). The maximum absolute atomic E-state index is 12.1. The third kappa shape index (κ3) is 2.89. The summed E-state index contributed by atoms with van der Waals surface area (Å²) >= 11 is 0. The summed E-state index contributed by atoms with van der Waals surface area (Å²) < 4.78 is 5.21. The van der Waals surface area contributed by atoms with Gasteiger partial charge in [-0.3, -0.25) is 9.59 Å². The van der Waals surface area contributed by atoms with E-state index >= 15 is 0 Å². The second-order valence-electron chi connectivity index (χ2n) is 4.52. The van der Waals surface area contributed by atoms with Crippen molar-refractivity contribution in [1.82, 2.24) is 10.2 Å². The molecular formula is C12H16N2O4. The van der Waals surface area contributed by atoms with Gasteiger partial charge >= 0.3 is 5.97 Å². The number of carbonyl (C=O) groups is 2. The maximum Gasteiger partial charge on any atom is 0.305 e. The summed E-state index contributed by atoms with van der Waals surface area (Å²) in [5, 5.41) is 11.8. The van der Waals surface area contributed by atoms with Crippen molar-refractivity contribution in [3.05, 3.63) is 24.2 Å². The van der Waals surface area contributed by atoms with E-state index in [0.717, 1.165) is 0 Å². The van der Waals surface area contributed by atoms with Gasteiger partial charge in [-0.25, -0.2) is 0 Å². The molecule has 0 aliphatic carbocycles. The second kappa shape index (κ2) is 5.22. The van der Waals surface area contributed by atoms with Gasteiger partial charge in [0.05, 0.1) is 25.3 Å². The molecule has 1 fully saturated rings. The zero-order chi connectivity index (χ0) is 13.1. The van der Waals surface area contributed by atoms with Crippen molar-refractivity contribution in [3.63, 3.8) is 0 Å². The minimum absolute atomic E-state index is 0.0713. The molecule has 1 aromatic heterocycles. The van der Waals surface area contributed by atoms with Gasteiger partial charge in [-0.15, -0.1) is 0 Å². The van der Waals surface area contributed by atoms with Crippen molar-refractivity contribution < 1.29 is 19.1 Å². The van der Waals surface area contributed by atoms with E-state index in [1.54, 1.807) is 23.3 Å². The second-order valence-corrected chi connectivity index (χ2v) is 4.52. The number of piperazine rings is 1. The fourth-order valence-corrected chi connectivity index (χ4v) is 2.16. The van der Waals surface area contributed by atoms with Crippen LogP contribution in [0.1, 0.15) is 19.1 Å². The van der Waals surface area contributed by atoms with Crippen LogP contribution in [0.5, 0.6) is 0 Å². The quantitative estimate of drug-likeness (QED) is 0.812. The molecule has 0 aromatic carbocycles. The van der Waals surface area contributed by atoms with Crippen LogP contribution >= 0.6 is 0 Å². The van der Waals surface area contributed by atoms with Gasteiger partial charge in [0.15, 0.2) is 0 Å². The average molecular weight is 252 g/mol. The first-order chi connectivity index (χ1) is 8.56. The number of carbonyl (C=O) groups excluding carboxylic acids is 1. The number of hydrogen-bond acceptors (Lipinski definition) is 4. The van der Waals surface area contributed by atoms with Crippen LogP contribution in [0.4, 0.5) is 0 Å². The highest BCUT2D eigenvalue weighted by molar-refractivity contribution is 5.86. The zero-order valence-corrected chi connectivity index (χ0v) is 10.1. The van der Waals surface area contributed by atoms with Crippen molar-refractivity contribution in [3.8, 4) is 0 Å². The van der Waals surface area contributed by atoms with E-state index in [0.29, 0.717) is 18.8 Å². The number of amides is 1. The van der Waals surface area contributed by atoms with E-state index in [1.165, 1.54) is 0 Å². The Bertz CT molecular complexity index is 429. The smallest absolute Gasteiger partial charge is 0.305 e. The van der Waals surface area contributed by atoms with Crippen LogP contribution in [0, 0.1) is 0 Å². The molecule has 2 heterocycles. The fourth-order valence-electron chi connectivity index (χ4n) is 2.16. The van der Waals surface area contributed by atoms with Crippen molar-refractivity contribution in [2.75, 3.05) is 6.54 Å². The number of aliphatic carboxylic acids is 1. The lowest BCUT2D eigenvalue weighted by atomic mass is 10.1. The molecule has 1 aromatic rings. The summed E-state index contributed by atoms with van der Waals surface area (Å²) in [6, 6.07) is 2.98. The minimum atomic E-state index is -0.979. The van der Waals surface area contributed by atoms with Crippen LogP contribution in [-0.4, -0.2) is 40.5 Å². The normalized spacial score (nSPS) is 24.3. The number of furan rings is 1. The predicted molar refractivity (Wildman–Crippen MR) is 62.8 cm³/mol. The molecule has 6 nitrogen and oxygen atoms in total. The van der Waals surface area contributed by atoms with Crippen LogP contribution in [0.2, 0.25) is 0 Å². The minimum Gasteiger partial charge on any atom is -0.481 e. The van der Waals surface area contributed by atoms with E-state index < -0.39 is 12.0 Å². The molecule has 6 heteroatoms. The first-order valence-corrected chi connectivity index (χ1v) is 5.85. The Morgan fingerprint density at radius 3 is 3.06 bits per heavy atom. The molecule has 0 radical (unpaired) electrons. The molecule has 1 aliphatic rings. The third-order valence-corrected chi connectivity index (χ3v) is 2.90. The van der Waals surface area contributed by atoms with Crippen LogP contribution < -0.4 is 5.32 Å². The molecule has 0 saturated carbocycles. The van der Waals surface area contributed by atoms with Gasteiger partial charge in [0.1, 0.15) is 5.76 Å². The number of carboxylic acid groups (broad SMARTS) is 1. The van der Waals surface area contributed by atoms with Gasteiger partial charge < -0.3 is 19.7 Å². The predicted octanol–water partition coefficient (Wildman–Crippen LogP) is 0.443. The summed E-state index contributed by atoms with van der Waals surface area (Å²) in [5.41, 5.74) is 0. The van der Waals surface area contributed by atoms with Crippen LogP contribution in [0.25, 0.3) is 0 Å². The number of nitrogens with one attached hydrogen (secondary N) is 1. The molecule has 98 valence electrons. The lowest BCUT2D eigenvalue weighted by Gasteiger charge is -2.36. The first kappa shape index (κ1) is 12.6. The Labute approximate surface area is 105 Å². The lowest BCUT2D eigenvalue weighted by molar-refractivity contribution is -0.145. The zero-order valence-electron chi connectivity index (χ0n) is 10.1. The first-order valence-electron chi connectivity index (χ1n) is 5.85. The molecule has 1 aliphatic heterocycles. The number of rotatable bonds is 4. The molecule has 0 bridgehead atoms. The van der Waals surface area contributed by atoms with Crippen molar-refractivity contribution in [1.29, 1.82) is 0 Å². The molecule has 2 atom stereocenters. The van der Waals surface area contributed by atoms with Gasteiger partial charge in [-0.2, -0.15) is 0 Å². The highest BCUT2D eigenvalue weighted by Gasteiger charge is 2.33. The van der Waals surface area contributed by atoms with E-state index in [1.807, 2.05) is 6.92 Å². The van der Waals surface area contributed by atoms with E-state index in [-0.39, 0.29) is 18.4 Å². The molecule has 2 unspecified atom stereocenters. The lowest BCUT2D eigenvalue weighted by Crippen LogP contribution is -2.59. The summed E-state index contributed by atoms with van der Waals surface area (Å²) in [7, 11) is 0. The summed E-state index contributed by atoms with van der Waals surface area (Å²) in [5.74, 6) is -0.466. The van der Waals surface area contributed by atoms with Crippen molar-refractivity contribution in [2.24, 2.45) is 0 Å². The van der Waals surface area contributed by atoms with Gasteiger partial charge in [-0.1, -0.05) is 0 Å². The number of carboxylic acids is 1. The molecule has 1 amide bonds. The summed E-state index contributed by atoms with van der Waals surface area (Å²) in [6.07, 6.45) is 1.36. The maximum atomic E-state index is 12.1. The van der Waals surface area contributed by atoms with Crippen LogP contribution in [0.15, 0.2) is 22.8 Å². The monoisotopic (exact) mass is 252 g/mol. The van der Waals surface area contributed by atoms with Gasteiger partial charge in [0, 0.05) is 12.6 Å². The van der Waals surface area contributed by atoms with E-state index in [4.69, 9.17) is 9.52 Å². The standard InChI is InChI=1S/C12H16N2O4/c1-8-6-14(7-9-3-2-4-18-9)12(17)10(13-8)5-11(15)16/h2-4,8,10,13H,5-7H2,1H3,(H,15,16). The summed E-state index contributed by atoms with van der Waals surface area (Å²) in [6.45, 7) is 2.86. The Kier molecular flexibility index (Phi) is 3.66. The van der Waals surface area contributed by atoms with Gasteiger partial charge in [0.2, 0.25) is 5.91 Å².